The van der Waals surface area contributed by atoms with Crippen LogP contribution in [0.1, 0.15) is 6.42 Å². The summed E-state index contributed by atoms with van der Waals surface area (Å²) in [6.45, 7) is 3.63. The molecule has 5 N–H and O–H groups in total. The Morgan fingerprint density at radius 2 is 2.35 bits per heavy atom. The number of hydrogen-bond donors (Lipinski definition) is 3. The number of pyridine rings is 1. The lowest BCUT2D eigenvalue weighted by molar-refractivity contribution is 0.751. The smallest absolute Gasteiger partial charge is 0.128 e. The highest BCUT2D eigenvalue weighted by atomic mass is 15.2. The largest absolute Gasteiger partial charge is 0.355 e. The summed E-state index contributed by atoms with van der Waals surface area (Å²) in [7, 11) is 1.88. The van der Waals surface area contributed by atoms with E-state index in [2.05, 4.69) is 15.2 Å². The maximum Gasteiger partial charge on any atom is 0.128 e. The second-order valence-electron chi connectivity index (χ2n) is 4.07. The van der Waals surface area contributed by atoms with Crippen molar-refractivity contribution in [2.24, 2.45) is 11.5 Å². The van der Waals surface area contributed by atoms with E-state index in [0.717, 1.165) is 38.4 Å². The van der Waals surface area contributed by atoms with Crippen LogP contribution in [0, 0.1) is 0 Å². The predicted octanol–water partition coefficient (Wildman–Crippen LogP) is -0.216. The van der Waals surface area contributed by atoms with Gasteiger partial charge in [-0.1, -0.05) is 6.07 Å². The molecule has 5 heteroatoms. The molecule has 1 aromatic rings. The van der Waals surface area contributed by atoms with Gasteiger partial charge in [-0.25, -0.2) is 4.98 Å². The number of likely N-dealkylation sites (N-methyl/N-ethyl adjacent to an activating group) is 1. The van der Waals surface area contributed by atoms with Gasteiger partial charge in [-0.15, -0.1) is 0 Å². The van der Waals surface area contributed by atoms with Gasteiger partial charge >= 0.3 is 0 Å². The number of nitrogens with zero attached hydrogens (tertiary/aromatic N) is 2. The number of rotatable bonds is 3. The van der Waals surface area contributed by atoms with Crippen molar-refractivity contribution in [2.45, 2.75) is 12.5 Å². The van der Waals surface area contributed by atoms with E-state index in [9.17, 15) is 0 Å². The van der Waals surface area contributed by atoms with Crippen LogP contribution in [0.15, 0.2) is 24.4 Å². The lowest BCUT2D eigenvalue weighted by Gasteiger charge is -2.15. The first kappa shape index (κ1) is 13.9. The summed E-state index contributed by atoms with van der Waals surface area (Å²) in [6.07, 6.45) is 2.90. The highest BCUT2D eigenvalue weighted by Gasteiger charge is 2.19. The molecule has 1 aliphatic heterocycles. The fourth-order valence-corrected chi connectivity index (χ4v) is 1.68. The Bertz CT molecular complexity index is 288. The molecule has 1 fully saturated rings. The zero-order valence-corrected chi connectivity index (χ0v) is 10.5. The molecule has 0 radical (unpaired) electrons. The molecule has 96 valence electrons. The number of nitrogens with one attached hydrogen (secondary N) is 1. The maximum atomic E-state index is 5.79. The molecular weight excluding hydrogens is 214 g/mol. The molecule has 5 nitrogen and oxygen atoms in total. The molecule has 0 amide bonds. The van der Waals surface area contributed by atoms with Gasteiger partial charge in [-0.2, -0.15) is 0 Å². The Kier molecular flexibility index (Phi) is 6.54. The van der Waals surface area contributed by atoms with E-state index in [1.54, 1.807) is 0 Å². The van der Waals surface area contributed by atoms with E-state index in [-0.39, 0.29) is 0 Å². The van der Waals surface area contributed by atoms with Crippen molar-refractivity contribution in [1.82, 2.24) is 10.3 Å². The highest BCUT2D eigenvalue weighted by Crippen LogP contribution is 2.15. The van der Waals surface area contributed by atoms with Gasteiger partial charge < -0.3 is 21.7 Å². The SMILES string of the molecule is CNCCN.NC1CCN(c2ccccn2)C1. The van der Waals surface area contributed by atoms with E-state index in [1.165, 1.54) is 0 Å². The summed E-state index contributed by atoms with van der Waals surface area (Å²) in [6, 6.07) is 6.29. The molecule has 17 heavy (non-hydrogen) atoms. The average Bonchev–Trinajstić information content (AvgIpc) is 2.79. The molecule has 1 unspecified atom stereocenters. The van der Waals surface area contributed by atoms with Gasteiger partial charge in [-0.05, 0) is 25.6 Å². The minimum Gasteiger partial charge on any atom is -0.355 e. The molecule has 0 spiro atoms. The van der Waals surface area contributed by atoms with Gasteiger partial charge in [0.2, 0.25) is 0 Å². The van der Waals surface area contributed by atoms with Gasteiger partial charge in [0.15, 0.2) is 0 Å². The fourth-order valence-electron chi connectivity index (χ4n) is 1.68. The van der Waals surface area contributed by atoms with Crippen LogP contribution in [0.5, 0.6) is 0 Å². The molecule has 2 rings (SSSR count). The number of aromatic nitrogens is 1. The molecule has 0 aliphatic carbocycles. The minimum atomic E-state index is 0.326. The standard InChI is InChI=1S/C9H13N3.C3H10N2/c10-8-4-6-12(7-8)9-3-1-2-5-11-9;1-5-3-2-4/h1-3,5,8H,4,6-7,10H2;5H,2-4H2,1H3. The molecule has 1 aliphatic rings. The summed E-state index contributed by atoms with van der Waals surface area (Å²) >= 11 is 0. The van der Waals surface area contributed by atoms with E-state index in [1.807, 2.05) is 31.4 Å². The molecular formula is C12H23N5. The first-order valence-corrected chi connectivity index (χ1v) is 6.04. The van der Waals surface area contributed by atoms with E-state index in [4.69, 9.17) is 11.5 Å². The van der Waals surface area contributed by atoms with Crippen LogP contribution >= 0.6 is 0 Å². The van der Waals surface area contributed by atoms with Gasteiger partial charge in [0.25, 0.3) is 0 Å². The zero-order chi connectivity index (χ0) is 12.5. The summed E-state index contributed by atoms with van der Waals surface area (Å²) in [4.78, 5) is 6.49. The maximum absolute atomic E-state index is 5.79. The fraction of sp³-hybridized carbons (Fsp3) is 0.583. The molecule has 0 aromatic carbocycles. The minimum absolute atomic E-state index is 0.326. The normalized spacial score (nSPS) is 18.8. The van der Waals surface area contributed by atoms with Gasteiger partial charge in [0.1, 0.15) is 5.82 Å². The van der Waals surface area contributed by atoms with Crippen LogP contribution in [0.2, 0.25) is 0 Å². The van der Waals surface area contributed by atoms with Crippen molar-refractivity contribution in [3.63, 3.8) is 0 Å². The van der Waals surface area contributed by atoms with Crippen molar-refractivity contribution in [1.29, 1.82) is 0 Å². The van der Waals surface area contributed by atoms with E-state index >= 15 is 0 Å². The van der Waals surface area contributed by atoms with Crippen molar-refractivity contribution < 1.29 is 0 Å². The molecule has 1 aromatic heterocycles. The van der Waals surface area contributed by atoms with Crippen molar-refractivity contribution in [3.05, 3.63) is 24.4 Å². The Hall–Kier alpha value is -1.17. The Morgan fingerprint density at radius 3 is 2.76 bits per heavy atom. The predicted molar refractivity (Wildman–Crippen MR) is 72.0 cm³/mol. The lowest BCUT2D eigenvalue weighted by atomic mass is 10.3. The van der Waals surface area contributed by atoms with Crippen LogP contribution < -0.4 is 21.7 Å². The first-order chi connectivity index (χ1) is 8.27. The second-order valence-corrected chi connectivity index (χ2v) is 4.07. The monoisotopic (exact) mass is 237 g/mol. The van der Waals surface area contributed by atoms with Gasteiger partial charge in [0.05, 0.1) is 0 Å². The second kappa shape index (κ2) is 8.00. The third-order valence-electron chi connectivity index (χ3n) is 2.59. The van der Waals surface area contributed by atoms with Crippen LogP contribution in [0.4, 0.5) is 5.82 Å². The summed E-state index contributed by atoms with van der Waals surface area (Å²) in [5.41, 5.74) is 10.9. The number of hydrogen-bond acceptors (Lipinski definition) is 5. The van der Waals surface area contributed by atoms with Crippen LogP contribution in [-0.2, 0) is 0 Å². The zero-order valence-electron chi connectivity index (χ0n) is 10.5. The number of anilines is 1. The molecule has 0 bridgehead atoms. The summed E-state index contributed by atoms with van der Waals surface area (Å²) in [5.74, 6) is 1.05. The molecule has 2 heterocycles. The summed E-state index contributed by atoms with van der Waals surface area (Å²) in [5, 5.41) is 2.89. The third kappa shape index (κ3) is 5.12. The van der Waals surface area contributed by atoms with E-state index < -0.39 is 0 Å². The lowest BCUT2D eigenvalue weighted by Crippen LogP contribution is -2.26. The molecule has 1 saturated heterocycles. The van der Waals surface area contributed by atoms with Crippen molar-refractivity contribution in [2.75, 3.05) is 38.1 Å². The van der Waals surface area contributed by atoms with Crippen LogP contribution in [0.25, 0.3) is 0 Å². The number of nitrogens with two attached hydrogens (primary N) is 2. The first-order valence-electron chi connectivity index (χ1n) is 6.04. The third-order valence-corrected chi connectivity index (χ3v) is 2.59. The molecule has 1 atom stereocenters. The Morgan fingerprint density at radius 1 is 1.53 bits per heavy atom. The Balaban J connectivity index is 0.000000249. The van der Waals surface area contributed by atoms with Crippen molar-refractivity contribution >= 4 is 5.82 Å². The highest BCUT2D eigenvalue weighted by molar-refractivity contribution is 5.39. The van der Waals surface area contributed by atoms with Gasteiger partial charge in [-0.3, -0.25) is 0 Å². The van der Waals surface area contributed by atoms with E-state index in [0.29, 0.717) is 6.04 Å². The van der Waals surface area contributed by atoms with Crippen LogP contribution in [0.3, 0.4) is 0 Å². The topological polar surface area (TPSA) is 80.2 Å². The van der Waals surface area contributed by atoms with Crippen molar-refractivity contribution in [3.8, 4) is 0 Å². The molecule has 0 saturated carbocycles. The quantitative estimate of drug-likeness (QED) is 0.677. The average molecular weight is 237 g/mol. The summed E-state index contributed by atoms with van der Waals surface area (Å²) < 4.78 is 0. The van der Waals surface area contributed by atoms with Crippen LogP contribution in [-0.4, -0.2) is 44.3 Å². The Labute approximate surface area is 103 Å². The van der Waals surface area contributed by atoms with Gasteiger partial charge in [0, 0.05) is 38.4 Å².